The number of fused-ring (bicyclic) bond motifs is 1. The van der Waals surface area contributed by atoms with Crippen LogP contribution in [0.15, 0.2) is 22.7 Å². The number of para-hydroxylation sites is 1. The van der Waals surface area contributed by atoms with E-state index in [-0.39, 0.29) is 5.88 Å². The Balaban J connectivity index is 2.55. The largest absolute Gasteiger partial charge is 0.514 e. The van der Waals surface area contributed by atoms with E-state index in [9.17, 15) is 4.79 Å². The van der Waals surface area contributed by atoms with E-state index in [1.165, 1.54) is 14.2 Å². The number of halogens is 1. The molecule has 2 aromatic rings. The molecule has 1 N–H and O–H groups in total. The van der Waals surface area contributed by atoms with Crippen LogP contribution in [-0.4, -0.2) is 25.4 Å². The molecule has 0 atom stereocenters. The minimum Gasteiger partial charge on any atom is -0.491 e. The third-order valence-electron chi connectivity index (χ3n) is 2.26. The Labute approximate surface area is 106 Å². The Morgan fingerprint density at radius 1 is 1.35 bits per heavy atom. The summed E-state index contributed by atoms with van der Waals surface area (Å²) in [4.78, 5) is 14.0. The van der Waals surface area contributed by atoms with Gasteiger partial charge in [-0.15, -0.1) is 0 Å². The zero-order valence-electron chi connectivity index (χ0n) is 9.24. The van der Waals surface area contributed by atoms with Gasteiger partial charge in [0.1, 0.15) is 0 Å². The van der Waals surface area contributed by atoms with Crippen LogP contribution >= 0.6 is 15.9 Å². The maximum atomic E-state index is 11.1. The van der Waals surface area contributed by atoms with E-state index in [0.717, 1.165) is 15.4 Å². The Hall–Kier alpha value is -1.69. The molecule has 2 rings (SSSR count). The van der Waals surface area contributed by atoms with Crippen molar-refractivity contribution in [2.24, 2.45) is 0 Å². The fraction of sp³-hybridized carbons (Fsp3) is 0.182. The number of aromatic amines is 1. The lowest BCUT2D eigenvalue weighted by atomic mass is 10.2. The molecule has 0 saturated carbocycles. The van der Waals surface area contributed by atoms with Gasteiger partial charge in [0.15, 0.2) is 5.75 Å². The van der Waals surface area contributed by atoms with Gasteiger partial charge in [-0.05, 0) is 28.1 Å². The highest BCUT2D eigenvalue weighted by molar-refractivity contribution is 9.10. The smallest absolute Gasteiger partial charge is 0.491 e. The van der Waals surface area contributed by atoms with Crippen molar-refractivity contribution >= 4 is 33.0 Å². The SMILES string of the molecule is COC(=O)Oc1[nH]c2c(Br)cccc2c1OC. The number of carbonyl (C=O) groups is 1. The average Bonchev–Trinajstić information content (AvgIpc) is 2.68. The van der Waals surface area contributed by atoms with Gasteiger partial charge in [0.05, 0.1) is 19.7 Å². The van der Waals surface area contributed by atoms with Crippen molar-refractivity contribution in [2.45, 2.75) is 0 Å². The van der Waals surface area contributed by atoms with Crippen molar-refractivity contribution in [3.63, 3.8) is 0 Å². The van der Waals surface area contributed by atoms with Crippen LogP contribution in [-0.2, 0) is 4.74 Å². The van der Waals surface area contributed by atoms with E-state index >= 15 is 0 Å². The molecule has 1 aromatic heterocycles. The summed E-state index contributed by atoms with van der Waals surface area (Å²) in [6.45, 7) is 0. The number of hydrogen-bond donors (Lipinski definition) is 1. The molecule has 0 aliphatic rings. The van der Waals surface area contributed by atoms with E-state index in [4.69, 9.17) is 9.47 Å². The lowest BCUT2D eigenvalue weighted by Gasteiger charge is -2.02. The topological polar surface area (TPSA) is 60.5 Å². The highest BCUT2D eigenvalue weighted by Gasteiger charge is 2.17. The average molecular weight is 300 g/mol. The number of aromatic nitrogens is 1. The number of nitrogens with one attached hydrogen (secondary N) is 1. The molecule has 0 radical (unpaired) electrons. The lowest BCUT2D eigenvalue weighted by molar-refractivity contribution is 0.118. The van der Waals surface area contributed by atoms with Gasteiger partial charge in [-0.3, -0.25) is 0 Å². The van der Waals surface area contributed by atoms with Gasteiger partial charge >= 0.3 is 6.16 Å². The molecule has 1 heterocycles. The first kappa shape index (κ1) is 11.8. The summed E-state index contributed by atoms with van der Waals surface area (Å²) in [5, 5.41) is 0.820. The van der Waals surface area contributed by atoms with Gasteiger partial charge in [-0.2, -0.15) is 0 Å². The third kappa shape index (κ3) is 2.08. The maximum absolute atomic E-state index is 11.1. The first-order valence-electron chi connectivity index (χ1n) is 4.77. The molecule has 0 unspecified atom stereocenters. The second kappa shape index (κ2) is 4.67. The van der Waals surface area contributed by atoms with Crippen LogP contribution in [0.2, 0.25) is 0 Å². The fourth-order valence-electron chi connectivity index (χ4n) is 1.53. The number of carbonyl (C=O) groups excluding carboxylic acids is 1. The van der Waals surface area contributed by atoms with Crippen molar-refractivity contribution in [1.82, 2.24) is 4.98 Å². The predicted octanol–water partition coefficient (Wildman–Crippen LogP) is 3.08. The maximum Gasteiger partial charge on any atom is 0.514 e. The van der Waals surface area contributed by atoms with Crippen LogP contribution in [0.4, 0.5) is 4.79 Å². The highest BCUT2D eigenvalue weighted by atomic mass is 79.9. The molecule has 0 bridgehead atoms. The molecule has 5 nitrogen and oxygen atoms in total. The van der Waals surface area contributed by atoms with E-state index in [2.05, 4.69) is 25.7 Å². The third-order valence-corrected chi connectivity index (χ3v) is 2.92. The second-order valence-corrected chi connectivity index (χ2v) is 4.06. The van der Waals surface area contributed by atoms with Gasteiger partial charge in [0.2, 0.25) is 5.88 Å². The predicted molar refractivity (Wildman–Crippen MR) is 65.6 cm³/mol. The summed E-state index contributed by atoms with van der Waals surface area (Å²) in [6, 6.07) is 5.60. The Bertz CT molecular complexity index is 564. The zero-order chi connectivity index (χ0) is 12.4. The summed E-state index contributed by atoms with van der Waals surface area (Å²) in [6.07, 6.45) is -0.800. The summed E-state index contributed by atoms with van der Waals surface area (Å²) < 4.78 is 15.5. The van der Waals surface area contributed by atoms with Crippen LogP contribution in [0, 0.1) is 0 Å². The fourth-order valence-corrected chi connectivity index (χ4v) is 2.00. The van der Waals surface area contributed by atoms with Crippen LogP contribution in [0.1, 0.15) is 0 Å². The minimum atomic E-state index is -0.800. The molecule has 0 fully saturated rings. The first-order chi connectivity index (χ1) is 8.17. The van der Waals surface area contributed by atoms with Crippen molar-refractivity contribution in [2.75, 3.05) is 14.2 Å². The molecule has 17 heavy (non-hydrogen) atoms. The summed E-state index contributed by atoms with van der Waals surface area (Å²) >= 11 is 3.40. The monoisotopic (exact) mass is 299 g/mol. The number of hydrogen-bond acceptors (Lipinski definition) is 4. The van der Waals surface area contributed by atoms with Crippen molar-refractivity contribution in [3.8, 4) is 11.6 Å². The zero-order valence-corrected chi connectivity index (χ0v) is 10.8. The standard InChI is InChI=1S/C11H10BrNO4/c1-15-9-6-4-3-5-7(12)8(6)13-10(9)17-11(14)16-2/h3-5,13H,1-2H3. The molecule has 90 valence electrons. The van der Waals surface area contributed by atoms with Gasteiger partial charge in [-0.1, -0.05) is 6.07 Å². The van der Waals surface area contributed by atoms with E-state index in [0.29, 0.717) is 5.75 Å². The molecule has 0 aliphatic carbocycles. The Kier molecular flexibility index (Phi) is 3.23. The van der Waals surface area contributed by atoms with E-state index in [1.807, 2.05) is 18.2 Å². The number of ether oxygens (including phenoxy) is 3. The number of rotatable bonds is 2. The summed E-state index contributed by atoms with van der Waals surface area (Å²) in [7, 11) is 2.75. The van der Waals surface area contributed by atoms with Gasteiger partial charge in [-0.25, -0.2) is 4.79 Å². The molecule has 0 saturated heterocycles. The van der Waals surface area contributed by atoms with E-state index in [1.54, 1.807) is 0 Å². The number of benzene rings is 1. The van der Waals surface area contributed by atoms with Crippen molar-refractivity contribution < 1.29 is 19.0 Å². The van der Waals surface area contributed by atoms with Crippen LogP contribution in [0.25, 0.3) is 10.9 Å². The van der Waals surface area contributed by atoms with Gasteiger partial charge in [0, 0.05) is 9.86 Å². The highest BCUT2D eigenvalue weighted by Crippen LogP contribution is 2.38. The molecular formula is C11H10BrNO4. The molecule has 6 heteroatoms. The van der Waals surface area contributed by atoms with Crippen LogP contribution in [0.3, 0.4) is 0 Å². The first-order valence-corrected chi connectivity index (χ1v) is 5.56. The minimum absolute atomic E-state index is 0.223. The normalized spacial score (nSPS) is 10.3. The van der Waals surface area contributed by atoms with Crippen LogP contribution < -0.4 is 9.47 Å². The molecule has 0 amide bonds. The summed E-state index contributed by atoms with van der Waals surface area (Å²) in [5.74, 6) is 0.688. The van der Waals surface area contributed by atoms with Gasteiger partial charge in [0.25, 0.3) is 0 Å². The quantitative estimate of drug-likeness (QED) is 0.866. The van der Waals surface area contributed by atoms with Crippen molar-refractivity contribution in [1.29, 1.82) is 0 Å². The molecule has 0 aliphatic heterocycles. The lowest BCUT2D eigenvalue weighted by Crippen LogP contribution is -2.08. The van der Waals surface area contributed by atoms with Crippen molar-refractivity contribution in [3.05, 3.63) is 22.7 Å². The second-order valence-electron chi connectivity index (χ2n) is 3.21. The number of H-pyrrole nitrogens is 1. The van der Waals surface area contributed by atoms with E-state index < -0.39 is 6.16 Å². The molecule has 0 spiro atoms. The Morgan fingerprint density at radius 2 is 2.12 bits per heavy atom. The summed E-state index contributed by atoms with van der Waals surface area (Å²) in [5.41, 5.74) is 0.795. The number of methoxy groups -OCH3 is 2. The Morgan fingerprint density at radius 3 is 2.76 bits per heavy atom. The van der Waals surface area contributed by atoms with Gasteiger partial charge < -0.3 is 19.2 Å². The van der Waals surface area contributed by atoms with Crippen LogP contribution in [0.5, 0.6) is 11.6 Å². The molecular weight excluding hydrogens is 290 g/mol. The molecule has 1 aromatic carbocycles.